The number of hydrogen-bond acceptors (Lipinski definition) is 6. The molecule has 5 N–H and O–H groups in total. The third-order valence-electron chi connectivity index (χ3n) is 4.71. The van der Waals surface area contributed by atoms with Gasteiger partial charge in [0.1, 0.15) is 6.10 Å². The van der Waals surface area contributed by atoms with Gasteiger partial charge < -0.3 is 30.3 Å². The molecule has 7 atom stereocenters. The fourth-order valence-corrected chi connectivity index (χ4v) is 2.98. The SMILES string of the molecule is CCC(CC(C)C(O)C=C/C=C/CC(C)O)C(O)C(OC)C(O)CCO. The lowest BCUT2D eigenvalue weighted by molar-refractivity contribution is -0.109. The first-order valence-corrected chi connectivity index (χ1v) is 9.47. The number of allylic oxidation sites excluding steroid dienone is 2. The van der Waals surface area contributed by atoms with E-state index in [1.54, 1.807) is 25.2 Å². The van der Waals surface area contributed by atoms with Crippen LogP contribution in [0.4, 0.5) is 0 Å². The van der Waals surface area contributed by atoms with E-state index in [-0.39, 0.29) is 31.0 Å². The number of aliphatic hydroxyl groups excluding tert-OH is 5. The van der Waals surface area contributed by atoms with Crippen molar-refractivity contribution in [2.24, 2.45) is 11.8 Å². The van der Waals surface area contributed by atoms with Gasteiger partial charge in [-0.15, -0.1) is 0 Å². The van der Waals surface area contributed by atoms with E-state index in [4.69, 9.17) is 9.84 Å². The maximum absolute atomic E-state index is 10.6. The van der Waals surface area contributed by atoms with Gasteiger partial charge in [-0.25, -0.2) is 0 Å². The Morgan fingerprint density at radius 3 is 2.19 bits per heavy atom. The largest absolute Gasteiger partial charge is 0.396 e. The predicted molar refractivity (Wildman–Crippen MR) is 103 cm³/mol. The normalized spacial score (nSPS) is 20.8. The highest BCUT2D eigenvalue weighted by molar-refractivity contribution is 5.06. The minimum absolute atomic E-state index is 0.0801. The van der Waals surface area contributed by atoms with Crippen molar-refractivity contribution in [3.63, 3.8) is 0 Å². The van der Waals surface area contributed by atoms with Crippen LogP contribution >= 0.6 is 0 Å². The van der Waals surface area contributed by atoms with Crippen molar-refractivity contribution in [1.29, 1.82) is 0 Å². The van der Waals surface area contributed by atoms with Crippen LogP contribution in [0.3, 0.4) is 0 Å². The van der Waals surface area contributed by atoms with E-state index in [1.165, 1.54) is 7.11 Å². The Bertz CT molecular complexity index is 396. The average Bonchev–Trinajstić information content (AvgIpc) is 2.59. The summed E-state index contributed by atoms with van der Waals surface area (Å²) in [6, 6.07) is 0. The Labute approximate surface area is 157 Å². The molecule has 0 saturated carbocycles. The van der Waals surface area contributed by atoms with Crippen molar-refractivity contribution in [3.8, 4) is 0 Å². The van der Waals surface area contributed by atoms with Crippen LogP contribution in [0.2, 0.25) is 0 Å². The van der Waals surface area contributed by atoms with Crippen molar-refractivity contribution in [2.45, 2.75) is 77.0 Å². The molecule has 0 aliphatic rings. The molecule has 0 rings (SSSR count). The number of ether oxygens (including phenoxy) is 1. The van der Waals surface area contributed by atoms with Gasteiger partial charge in [-0.05, 0) is 38.0 Å². The molecule has 6 nitrogen and oxygen atoms in total. The van der Waals surface area contributed by atoms with Crippen LogP contribution in [0.1, 0.15) is 46.5 Å². The van der Waals surface area contributed by atoms with Gasteiger partial charge in [0.25, 0.3) is 0 Å². The van der Waals surface area contributed by atoms with Crippen LogP contribution in [-0.2, 0) is 4.74 Å². The summed E-state index contributed by atoms with van der Waals surface area (Å²) in [6.07, 6.45) is 5.42. The van der Waals surface area contributed by atoms with Crippen LogP contribution < -0.4 is 0 Å². The Morgan fingerprint density at radius 1 is 1.04 bits per heavy atom. The molecular formula is C20H38O6. The molecule has 0 aromatic carbocycles. The van der Waals surface area contributed by atoms with Gasteiger partial charge in [-0.2, -0.15) is 0 Å². The smallest absolute Gasteiger partial charge is 0.109 e. The van der Waals surface area contributed by atoms with Gasteiger partial charge in [-0.1, -0.05) is 44.6 Å². The predicted octanol–water partition coefficient (Wildman–Crippen LogP) is 1.40. The van der Waals surface area contributed by atoms with Crippen molar-refractivity contribution in [2.75, 3.05) is 13.7 Å². The van der Waals surface area contributed by atoms with Crippen LogP contribution in [0, 0.1) is 11.8 Å². The van der Waals surface area contributed by atoms with E-state index in [2.05, 4.69) is 0 Å². The quantitative estimate of drug-likeness (QED) is 0.294. The second-order valence-electron chi connectivity index (χ2n) is 7.04. The summed E-state index contributed by atoms with van der Waals surface area (Å²) >= 11 is 0. The molecular weight excluding hydrogens is 336 g/mol. The molecule has 0 amide bonds. The Hall–Kier alpha value is -0.760. The molecule has 0 aromatic rings. The van der Waals surface area contributed by atoms with E-state index in [1.807, 2.05) is 19.9 Å². The van der Waals surface area contributed by atoms with Crippen molar-refractivity contribution in [1.82, 2.24) is 0 Å². The van der Waals surface area contributed by atoms with Gasteiger partial charge in [-0.3, -0.25) is 0 Å². The summed E-state index contributed by atoms with van der Waals surface area (Å²) in [5.74, 6) is -0.222. The molecule has 0 aliphatic carbocycles. The molecule has 0 bridgehead atoms. The second-order valence-corrected chi connectivity index (χ2v) is 7.04. The molecule has 0 heterocycles. The van der Waals surface area contributed by atoms with Crippen molar-refractivity contribution >= 4 is 0 Å². The summed E-state index contributed by atoms with van der Waals surface area (Å²) in [4.78, 5) is 0. The van der Waals surface area contributed by atoms with E-state index >= 15 is 0 Å². The minimum atomic E-state index is -0.937. The zero-order valence-corrected chi connectivity index (χ0v) is 16.5. The average molecular weight is 375 g/mol. The van der Waals surface area contributed by atoms with Crippen LogP contribution in [-0.4, -0.2) is 69.8 Å². The first-order valence-electron chi connectivity index (χ1n) is 9.47. The highest BCUT2D eigenvalue weighted by Gasteiger charge is 2.33. The zero-order valence-electron chi connectivity index (χ0n) is 16.5. The van der Waals surface area contributed by atoms with Crippen molar-refractivity contribution in [3.05, 3.63) is 24.3 Å². The summed E-state index contributed by atoms with van der Waals surface area (Å²) in [6.45, 7) is 5.40. The molecule has 26 heavy (non-hydrogen) atoms. The summed E-state index contributed by atoms with van der Waals surface area (Å²) in [7, 11) is 1.43. The number of rotatable bonds is 14. The van der Waals surface area contributed by atoms with Gasteiger partial charge in [0.15, 0.2) is 0 Å². The first kappa shape index (κ1) is 25.2. The topological polar surface area (TPSA) is 110 Å². The standard InChI is InChI=1S/C20H38O6/c1-5-16(19(25)20(26-4)18(24)11-12-21)13-14(2)17(23)10-8-6-7-9-15(3)22/h6-8,10,14-25H,5,9,11-13H2,1-4H3/b7-6+,10-8?. The molecule has 0 aliphatic heterocycles. The van der Waals surface area contributed by atoms with E-state index in [9.17, 15) is 20.4 Å². The Balaban J connectivity index is 4.71. The molecule has 0 radical (unpaired) electrons. The Kier molecular flexibility index (Phi) is 13.9. The van der Waals surface area contributed by atoms with E-state index in [0.29, 0.717) is 19.3 Å². The number of methoxy groups -OCH3 is 1. The fraction of sp³-hybridized carbons (Fsp3) is 0.800. The summed E-state index contributed by atoms with van der Waals surface area (Å²) in [5, 5.41) is 49.1. The third kappa shape index (κ3) is 9.80. The molecule has 7 unspecified atom stereocenters. The van der Waals surface area contributed by atoms with Crippen LogP contribution in [0.25, 0.3) is 0 Å². The fourth-order valence-electron chi connectivity index (χ4n) is 2.98. The van der Waals surface area contributed by atoms with Crippen molar-refractivity contribution < 1.29 is 30.3 Å². The zero-order chi connectivity index (χ0) is 20.1. The maximum atomic E-state index is 10.6. The lowest BCUT2D eigenvalue weighted by atomic mass is 9.83. The molecule has 0 saturated heterocycles. The van der Waals surface area contributed by atoms with Gasteiger partial charge in [0, 0.05) is 13.7 Å². The molecule has 0 fully saturated rings. The minimum Gasteiger partial charge on any atom is -0.396 e. The number of hydrogen-bond donors (Lipinski definition) is 5. The van der Waals surface area contributed by atoms with Crippen LogP contribution in [0.15, 0.2) is 24.3 Å². The van der Waals surface area contributed by atoms with E-state index in [0.717, 1.165) is 0 Å². The van der Waals surface area contributed by atoms with Crippen LogP contribution in [0.5, 0.6) is 0 Å². The highest BCUT2D eigenvalue weighted by atomic mass is 16.5. The van der Waals surface area contributed by atoms with Gasteiger partial charge in [0.05, 0.1) is 24.4 Å². The maximum Gasteiger partial charge on any atom is 0.109 e. The molecule has 0 aromatic heterocycles. The van der Waals surface area contributed by atoms with E-state index < -0.39 is 24.4 Å². The molecule has 154 valence electrons. The highest BCUT2D eigenvalue weighted by Crippen LogP contribution is 2.26. The lowest BCUT2D eigenvalue weighted by Gasteiger charge is -2.33. The summed E-state index contributed by atoms with van der Waals surface area (Å²) < 4.78 is 5.25. The Morgan fingerprint density at radius 2 is 1.69 bits per heavy atom. The molecule has 0 spiro atoms. The monoisotopic (exact) mass is 374 g/mol. The lowest BCUT2D eigenvalue weighted by Crippen LogP contribution is -2.44. The summed E-state index contributed by atoms with van der Waals surface area (Å²) in [5.41, 5.74) is 0. The third-order valence-corrected chi connectivity index (χ3v) is 4.71. The second kappa shape index (κ2) is 14.3. The van der Waals surface area contributed by atoms with Gasteiger partial charge in [0.2, 0.25) is 0 Å². The van der Waals surface area contributed by atoms with Gasteiger partial charge >= 0.3 is 0 Å². The number of aliphatic hydroxyl groups is 5. The first-order chi connectivity index (χ1) is 12.3. The molecule has 6 heteroatoms.